The Hall–Kier alpha value is -2.24. The van der Waals surface area contributed by atoms with Gasteiger partial charge >= 0.3 is 12.1 Å². The van der Waals surface area contributed by atoms with Crippen LogP contribution in [0.2, 0.25) is 0 Å². The summed E-state index contributed by atoms with van der Waals surface area (Å²) in [5.41, 5.74) is -1.35. The molecule has 1 rings (SSSR count). The highest BCUT2D eigenvalue weighted by Gasteiger charge is 2.32. The third kappa shape index (κ3) is 4.37. The maximum atomic E-state index is 11.7. The van der Waals surface area contributed by atoms with Crippen LogP contribution in [0.5, 0.6) is 5.75 Å². The first-order chi connectivity index (χ1) is 9.43. The Labute approximate surface area is 123 Å². The maximum absolute atomic E-state index is 11.7. The molecule has 1 aromatic carbocycles. The number of phenolic OH excluding ortho intramolecular Hbond substituents is 1. The molecule has 0 aliphatic heterocycles. The first kappa shape index (κ1) is 16.8. The van der Waals surface area contributed by atoms with E-state index in [4.69, 9.17) is 4.74 Å². The van der Waals surface area contributed by atoms with Gasteiger partial charge in [-0.25, -0.2) is 4.79 Å². The van der Waals surface area contributed by atoms with E-state index in [0.29, 0.717) is 5.69 Å². The summed E-state index contributed by atoms with van der Waals surface area (Å²) in [5.74, 6) is -1.22. The number of carbonyl (C=O) groups is 2. The molecule has 0 aliphatic rings. The molecule has 0 bridgehead atoms. The van der Waals surface area contributed by atoms with Crippen LogP contribution in [0.25, 0.3) is 0 Å². The van der Waals surface area contributed by atoms with Crippen LogP contribution in [0.15, 0.2) is 18.2 Å². The van der Waals surface area contributed by atoms with E-state index in [0.717, 1.165) is 0 Å². The molecule has 0 spiro atoms. The van der Waals surface area contributed by atoms with E-state index in [-0.39, 0.29) is 11.3 Å². The van der Waals surface area contributed by atoms with Crippen molar-refractivity contribution in [3.8, 4) is 5.75 Å². The molecule has 1 amide bonds. The summed E-state index contributed by atoms with van der Waals surface area (Å²) in [5, 5.41) is 21.6. The lowest BCUT2D eigenvalue weighted by Gasteiger charge is -2.23. The highest BCUT2D eigenvalue weighted by molar-refractivity contribution is 5.87. The van der Waals surface area contributed by atoms with Crippen LogP contribution in [-0.4, -0.2) is 27.9 Å². The van der Waals surface area contributed by atoms with Crippen molar-refractivity contribution >= 4 is 17.7 Å². The van der Waals surface area contributed by atoms with E-state index in [1.807, 2.05) is 0 Å². The van der Waals surface area contributed by atoms with E-state index in [9.17, 15) is 19.8 Å². The molecule has 21 heavy (non-hydrogen) atoms. The van der Waals surface area contributed by atoms with Crippen LogP contribution < -0.4 is 5.32 Å². The summed E-state index contributed by atoms with van der Waals surface area (Å²) in [6, 6.07) is 4.24. The second-order valence-corrected chi connectivity index (χ2v) is 6.29. The summed E-state index contributed by atoms with van der Waals surface area (Å²) >= 11 is 0. The number of anilines is 1. The molecular formula is C15H21NO5. The zero-order chi connectivity index (χ0) is 16.4. The Morgan fingerprint density at radius 2 is 1.71 bits per heavy atom. The number of rotatable bonds is 3. The van der Waals surface area contributed by atoms with Gasteiger partial charge in [0.05, 0.1) is 5.41 Å². The van der Waals surface area contributed by atoms with Gasteiger partial charge in [0, 0.05) is 11.3 Å². The number of hydrogen-bond donors (Lipinski definition) is 3. The SMILES string of the molecule is CC(C)(C)OC(=O)Nc1ccc(O)c(C(C)(C)C(=O)O)c1. The molecule has 0 fully saturated rings. The van der Waals surface area contributed by atoms with E-state index in [1.54, 1.807) is 20.8 Å². The molecular weight excluding hydrogens is 274 g/mol. The van der Waals surface area contributed by atoms with Gasteiger partial charge in [-0.1, -0.05) is 0 Å². The van der Waals surface area contributed by atoms with Gasteiger partial charge < -0.3 is 14.9 Å². The minimum Gasteiger partial charge on any atom is -0.508 e. The van der Waals surface area contributed by atoms with Crippen LogP contribution in [-0.2, 0) is 14.9 Å². The van der Waals surface area contributed by atoms with Crippen LogP contribution >= 0.6 is 0 Å². The van der Waals surface area contributed by atoms with Gasteiger partial charge in [0.25, 0.3) is 0 Å². The standard InChI is InChI=1S/C15H21NO5/c1-14(2,3)21-13(20)16-9-6-7-11(17)10(8-9)15(4,5)12(18)19/h6-8,17H,1-5H3,(H,16,20)(H,18,19). The minimum absolute atomic E-state index is 0.142. The van der Waals surface area contributed by atoms with E-state index < -0.39 is 23.1 Å². The van der Waals surface area contributed by atoms with Gasteiger partial charge in [0.15, 0.2) is 0 Å². The van der Waals surface area contributed by atoms with Crippen LogP contribution in [0.4, 0.5) is 10.5 Å². The Morgan fingerprint density at radius 1 is 1.14 bits per heavy atom. The molecule has 0 heterocycles. The number of hydrogen-bond acceptors (Lipinski definition) is 4. The Bertz CT molecular complexity index is 558. The number of amides is 1. The van der Waals surface area contributed by atoms with Gasteiger partial charge in [0.1, 0.15) is 11.4 Å². The number of aromatic hydroxyl groups is 1. The normalized spacial score (nSPS) is 11.9. The number of ether oxygens (including phenoxy) is 1. The molecule has 1 aromatic rings. The number of carboxylic acid groups (broad SMARTS) is 1. The molecule has 116 valence electrons. The van der Waals surface area contributed by atoms with E-state index in [2.05, 4.69) is 5.32 Å². The topological polar surface area (TPSA) is 95.9 Å². The van der Waals surface area contributed by atoms with Crippen molar-refractivity contribution in [3.05, 3.63) is 23.8 Å². The predicted octanol–water partition coefficient (Wildman–Crippen LogP) is 3.10. The second-order valence-electron chi connectivity index (χ2n) is 6.29. The summed E-state index contributed by atoms with van der Waals surface area (Å²) in [4.78, 5) is 23.0. The molecule has 0 saturated carbocycles. The lowest BCUT2D eigenvalue weighted by Crippen LogP contribution is -2.29. The molecule has 0 aromatic heterocycles. The number of aliphatic carboxylic acids is 1. The van der Waals surface area contributed by atoms with E-state index in [1.165, 1.54) is 32.0 Å². The largest absolute Gasteiger partial charge is 0.508 e. The maximum Gasteiger partial charge on any atom is 0.412 e. The third-order valence-corrected chi connectivity index (χ3v) is 2.85. The van der Waals surface area contributed by atoms with Crippen LogP contribution in [0.1, 0.15) is 40.2 Å². The monoisotopic (exact) mass is 295 g/mol. The fraction of sp³-hybridized carbons (Fsp3) is 0.467. The molecule has 3 N–H and O–H groups in total. The summed E-state index contributed by atoms with van der Waals surface area (Å²) in [7, 11) is 0. The molecule has 0 unspecified atom stereocenters. The number of carboxylic acids is 1. The number of carbonyl (C=O) groups excluding carboxylic acids is 1. The van der Waals surface area contributed by atoms with Crippen LogP contribution in [0, 0.1) is 0 Å². The molecule has 6 heteroatoms. The van der Waals surface area contributed by atoms with Gasteiger partial charge in [0.2, 0.25) is 0 Å². The fourth-order valence-corrected chi connectivity index (χ4v) is 1.65. The number of phenols is 1. The average Bonchev–Trinajstić information content (AvgIpc) is 2.28. The zero-order valence-corrected chi connectivity index (χ0v) is 12.9. The summed E-state index contributed by atoms with van der Waals surface area (Å²) < 4.78 is 5.12. The fourth-order valence-electron chi connectivity index (χ4n) is 1.65. The van der Waals surface area contributed by atoms with Gasteiger partial charge in [-0.05, 0) is 52.8 Å². The van der Waals surface area contributed by atoms with Crippen molar-refractivity contribution < 1.29 is 24.5 Å². The smallest absolute Gasteiger partial charge is 0.412 e. The predicted molar refractivity (Wildman–Crippen MR) is 78.6 cm³/mol. The summed E-state index contributed by atoms with van der Waals surface area (Å²) in [6.45, 7) is 8.16. The highest BCUT2D eigenvalue weighted by atomic mass is 16.6. The van der Waals surface area contributed by atoms with Gasteiger partial charge in [-0.15, -0.1) is 0 Å². The Morgan fingerprint density at radius 3 is 2.19 bits per heavy atom. The molecule has 0 radical (unpaired) electrons. The van der Waals surface area contributed by atoms with E-state index >= 15 is 0 Å². The van der Waals surface area contributed by atoms with Crippen molar-refractivity contribution in [2.75, 3.05) is 5.32 Å². The summed E-state index contributed by atoms with van der Waals surface area (Å²) in [6.07, 6.45) is -0.646. The zero-order valence-electron chi connectivity index (χ0n) is 12.9. The van der Waals surface area contributed by atoms with Crippen LogP contribution in [0.3, 0.4) is 0 Å². The van der Waals surface area contributed by atoms with Crippen molar-refractivity contribution in [3.63, 3.8) is 0 Å². The quantitative estimate of drug-likeness (QED) is 0.745. The first-order valence-electron chi connectivity index (χ1n) is 6.50. The average molecular weight is 295 g/mol. The molecule has 0 atom stereocenters. The highest BCUT2D eigenvalue weighted by Crippen LogP contribution is 2.33. The Balaban J connectivity index is 3.03. The van der Waals surface area contributed by atoms with Gasteiger partial charge in [-0.3, -0.25) is 10.1 Å². The number of nitrogens with one attached hydrogen (secondary N) is 1. The van der Waals surface area contributed by atoms with Crippen molar-refractivity contribution in [2.45, 2.75) is 45.6 Å². The molecule has 0 aliphatic carbocycles. The first-order valence-corrected chi connectivity index (χ1v) is 6.50. The van der Waals surface area contributed by atoms with Crippen molar-refractivity contribution in [2.24, 2.45) is 0 Å². The second kappa shape index (κ2) is 5.63. The minimum atomic E-state index is -1.28. The Kier molecular flexibility index (Phi) is 4.51. The lowest BCUT2D eigenvalue weighted by molar-refractivity contribution is -0.142. The molecule has 0 saturated heterocycles. The van der Waals surface area contributed by atoms with Crippen molar-refractivity contribution in [1.82, 2.24) is 0 Å². The van der Waals surface area contributed by atoms with Crippen molar-refractivity contribution in [1.29, 1.82) is 0 Å². The number of benzene rings is 1. The third-order valence-electron chi connectivity index (χ3n) is 2.85. The van der Waals surface area contributed by atoms with Gasteiger partial charge in [-0.2, -0.15) is 0 Å². The lowest BCUT2D eigenvalue weighted by atomic mass is 9.84. The molecule has 6 nitrogen and oxygen atoms in total.